The van der Waals surface area contributed by atoms with Crippen LogP contribution in [0.5, 0.6) is 0 Å². The Hall–Kier alpha value is -0.0900. The van der Waals surface area contributed by atoms with Gasteiger partial charge in [0.25, 0.3) is 0 Å². The van der Waals surface area contributed by atoms with Crippen molar-refractivity contribution in [2.45, 2.75) is 51.5 Å². The second-order valence-corrected chi connectivity index (χ2v) is 7.13. The van der Waals surface area contributed by atoms with E-state index < -0.39 is 9.84 Å². The first-order chi connectivity index (χ1) is 7.03. The van der Waals surface area contributed by atoms with Gasteiger partial charge < -0.3 is 5.73 Å². The van der Waals surface area contributed by atoms with E-state index in [-0.39, 0.29) is 5.75 Å². The van der Waals surface area contributed by atoms with Gasteiger partial charge in [-0.25, -0.2) is 8.42 Å². The predicted molar refractivity (Wildman–Crippen MR) is 63.5 cm³/mol. The van der Waals surface area contributed by atoms with Gasteiger partial charge in [0.2, 0.25) is 0 Å². The van der Waals surface area contributed by atoms with Crippen LogP contribution in [0.1, 0.15) is 45.4 Å². The third kappa shape index (κ3) is 4.98. The van der Waals surface area contributed by atoms with Crippen molar-refractivity contribution in [2.24, 2.45) is 11.7 Å². The normalized spacial score (nSPS) is 27.9. The molecule has 0 aromatic carbocycles. The van der Waals surface area contributed by atoms with Crippen LogP contribution in [0.4, 0.5) is 0 Å². The Morgan fingerprint density at radius 3 is 2.33 bits per heavy atom. The van der Waals surface area contributed by atoms with Crippen LogP contribution in [0, 0.1) is 5.92 Å². The molecule has 4 heteroatoms. The lowest BCUT2D eigenvalue weighted by atomic mass is 9.84. The summed E-state index contributed by atoms with van der Waals surface area (Å²) in [7, 11) is -2.76. The quantitative estimate of drug-likeness (QED) is 0.786. The summed E-state index contributed by atoms with van der Waals surface area (Å²) in [6, 6.07) is 0.389. The Labute approximate surface area is 93.3 Å². The Balaban J connectivity index is 2.16. The van der Waals surface area contributed by atoms with Crippen molar-refractivity contribution in [1.82, 2.24) is 0 Å². The van der Waals surface area contributed by atoms with Crippen molar-refractivity contribution in [2.75, 3.05) is 11.5 Å². The van der Waals surface area contributed by atoms with Gasteiger partial charge in [0, 0.05) is 11.8 Å². The fraction of sp³-hybridized carbons (Fsp3) is 1.00. The van der Waals surface area contributed by atoms with Crippen LogP contribution < -0.4 is 5.73 Å². The zero-order valence-electron chi connectivity index (χ0n) is 9.61. The molecule has 0 amide bonds. The van der Waals surface area contributed by atoms with Crippen molar-refractivity contribution < 1.29 is 8.42 Å². The summed E-state index contributed by atoms with van der Waals surface area (Å²) < 4.78 is 22.5. The number of sulfone groups is 1. The molecule has 0 aliphatic heterocycles. The van der Waals surface area contributed by atoms with Gasteiger partial charge in [-0.3, -0.25) is 0 Å². The van der Waals surface area contributed by atoms with E-state index in [0.29, 0.717) is 11.8 Å². The molecule has 0 unspecified atom stereocenters. The third-order valence-corrected chi connectivity index (χ3v) is 5.19. The van der Waals surface area contributed by atoms with Gasteiger partial charge >= 0.3 is 0 Å². The number of rotatable bonds is 5. The Bertz CT molecular complexity index is 266. The molecule has 0 aromatic rings. The highest BCUT2D eigenvalue weighted by molar-refractivity contribution is 7.91. The van der Waals surface area contributed by atoms with Gasteiger partial charge in [-0.05, 0) is 44.4 Å². The molecule has 1 rings (SSSR count). The van der Waals surface area contributed by atoms with E-state index in [1.54, 1.807) is 6.92 Å². The smallest absolute Gasteiger partial charge is 0.150 e. The molecular formula is C11H23NO2S. The topological polar surface area (TPSA) is 60.2 Å². The molecule has 90 valence electrons. The van der Waals surface area contributed by atoms with Crippen LogP contribution in [0.2, 0.25) is 0 Å². The summed E-state index contributed by atoms with van der Waals surface area (Å²) in [5, 5.41) is 0. The second kappa shape index (κ2) is 5.85. The largest absolute Gasteiger partial charge is 0.328 e. The van der Waals surface area contributed by atoms with Crippen molar-refractivity contribution in [1.29, 1.82) is 0 Å². The highest BCUT2D eigenvalue weighted by atomic mass is 32.2. The molecule has 1 saturated carbocycles. The van der Waals surface area contributed by atoms with Crippen LogP contribution in [0.25, 0.3) is 0 Å². The molecule has 0 saturated heterocycles. The molecule has 15 heavy (non-hydrogen) atoms. The third-order valence-electron chi connectivity index (χ3n) is 3.40. The summed E-state index contributed by atoms with van der Waals surface area (Å²) in [5.74, 6) is 1.37. The van der Waals surface area contributed by atoms with Crippen molar-refractivity contribution in [3.8, 4) is 0 Å². The van der Waals surface area contributed by atoms with Crippen molar-refractivity contribution in [3.05, 3.63) is 0 Å². The van der Waals surface area contributed by atoms with Gasteiger partial charge in [-0.2, -0.15) is 0 Å². The van der Waals surface area contributed by atoms with Crippen LogP contribution in [0.15, 0.2) is 0 Å². The lowest BCUT2D eigenvalue weighted by Gasteiger charge is -2.25. The van der Waals surface area contributed by atoms with E-state index in [1.807, 2.05) is 0 Å². The molecule has 0 radical (unpaired) electrons. The Kier molecular flexibility index (Phi) is 5.06. The molecule has 0 spiro atoms. The summed E-state index contributed by atoms with van der Waals surface area (Å²) in [4.78, 5) is 0. The minimum atomic E-state index is -2.76. The molecule has 2 N–H and O–H groups in total. The van der Waals surface area contributed by atoms with E-state index in [0.717, 1.165) is 31.6 Å². The summed E-state index contributed by atoms with van der Waals surface area (Å²) in [6.07, 6.45) is 6.50. The van der Waals surface area contributed by atoms with Crippen LogP contribution in [-0.2, 0) is 9.84 Å². The van der Waals surface area contributed by atoms with Crippen LogP contribution >= 0.6 is 0 Å². The average molecular weight is 233 g/mol. The summed E-state index contributed by atoms with van der Waals surface area (Å²) in [5.41, 5.74) is 5.82. The van der Waals surface area contributed by atoms with Crippen LogP contribution in [0.3, 0.4) is 0 Å². The molecule has 0 bridgehead atoms. The molecule has 0 atom stereocenters. The molecule has 1 aliphatic rings. The number of hydrogen-bond acceptors (Lipinski definition) is 3. The molecule has 0 heterocycles. The standard InChI is InChI=1S/C11H23NO2S/c1-2-15(13,14)9-3-4-10-5-7-11(12)8-6-10/h10-11H,2-9,12H2,1H3. The first-order valence-corrected chi connectivity index (χ1v) is 7.81. The minimum Gasteiger partial charge on any atom is -0.328 e. The molecular weight excluding hydrogens is 210 g/mol. The predicted octanol–water partition coefficient (Wildman–Crippen LogP) is 1.72. The maximum Gasteiger partial charge on any atom is 0.150 e. The second-order valence-electron chi connectivity index (χ2n) is 4.66. The Morgan fingerprint density at radius 1 is 1.20 bits per heavy atom. The van der Waals surface area contributed by atoms with E-state index in [2.05, 4.69) is 0 Å². The lowest BCUT2D eigenvalue weighted by Crippen LogP contribution is -2.26. The van der Waals surface area contributed by atoms with Crippen molar-refractivity contribution in [3.63, 3.8) is 0 Å². The maximum atomic E-state index is 11.3. The van der Waals surface area contributed by atoms with E-state index in [1.165, 1.54) is 12.8 Å². The van der Waals surface area contributed by atoms with Crippen molar-refractivity contribution >= 4 is 9.84 Å². The maximum absolute atomic E-state index is 11.3. The van der Waals surface area contributed by atoms with Gasteiger partial charge in [-0.1, -0.05) is 6.92 Å². The van der Waals surface area contributed by atoms with E-state index in [4.69, 9.17) is 5.73 Å². The first-order valence-electron chi connectivity index (χ1n) is 5.99. The zero-order chi connectivity index (χ0) is 11.3. The minimum absolute atomic E-state index is 0.280. The van der Waals surface area contributed by atoms with E-state index in [9.17, 15) is 8.42 Å². The molecule has 3 nitrogen and oxygen atoms in total. The summed E-state index contributed by atoms with van der Waals surface area (Å²) in [6.45, 7) is 1.72. The first kappa shape index (κ1) is 13.0. The SMILES string of the molecule is CCS(=O)(=O)CCCC1CCC(N)CC1. The zero-order valence-corrected chi connectivity index (χ0v) is 10.4. The highest BCUT2D eigenvalue weighted by Crippen LogP contribution is 2.26. The average Bonchev–Trinajstić information content (AvgIpc) is 2.21. The highest BCUT2D eigenvalue weighted by Gasteiger charge is 2.18. The number of hydrogen-bond donors (Lipinski definition) is 1. The van der Waals surface area contributed by atoms with E-state index >= 15 is 0 Å². The molecule has 0 aromatic heterocycles. The number of nitrogens with two attached hydrogens (primary N) is 1. The van der Waals surface area contributed by atoms with Crippen LogP contribution in [-0.4, -0.2) is 26.0 Å². The van der Waals surface area contributed by atoms with Gasteiger partial charge in [0.1, 0.15) is 9.84 Å². The van der Waals surface area contributed by atoms with Gasteiger partial charge in [0.05, 0.1) is 5.75 Å². The van der Waals surface area contributed by atoms with Gasteiger partial charge in [0.15, 0.2) is 0 Å². The van der Waals surface area contributed by atoms with Gasteiger partial charge in [-0.15, -0.1) is 0 Å². The monoisotopic (exact) mass is 233 g/mol. The molecule has 1 aliphatic carbocycles. The lowest BCUT2D eigenvalue weighted by molar-refractivity contribution is 0.309. The Morgan fingerprint density at radius 2 is 1.80 bits per heavy atom. The fourth-order valence-corrected chi connectivity index (χ4v) is 3.11. The molecule has 1 fully saturated rings. The summed E-state index contributed by atoms with van der Waals surface area (Å²) >= 11 is 0. The fourth-order valence-electron chi connectivity index (χ4n) is 2.21.